The third kappa shape index (κ3) is 3.67. The van der Waals surface area contributed by atoms with Gasteiger partial charge in [-0.2, -0.15) is 5.10 Å². The molecular formula is C22H21N5O2S. The van der Waals surface area contributed by atoms with Crippen molar-refractivity contribution in [1.29, 1.82) is 0 Å². The maximum atomic E-state index is 12.7. The van der Waals surface area contributed by atoms with Crippen LogP contribution in [0.2, 0.25) is 0 Å². The zero-order valence-electron chi connectivity index (χ0n) is 16.5. The van der Waals surface area contributed by atoms with Crippen LogP contribution in [0, 0.1) is 6.92 Å². The Balaban J connectivity index is 1.32. The summed E-state index contributed by atoms with van der Waals surface area (Å²) >= 11 is 1.64. The van der Waals surface area contributed by atoms with Crippen molar-refractivity contribution in [1.82, 2.24) is 14.8 Å². The Morgan fingerprint density at radius 3 is 2.63 bits per heavy atom. The van der Waals surface area contributed by atoms with Crippen molar-refractivity contribution >= 4 is 38.3 Å². The lowest BCUT2D eigenvalue weighted by molar-refractivity contribution is 0.102. The summed E-state index contributed by atoms with van der Waals surface area (Å²) in [6.07, 6.45) is 1.76. The summed E-state index contributed by atoms with van der Waals surface area (Å²) in [7, 11) is 0. The number of nitrogens with zero attached hydrogens (tertiary/aromatic N) is 4. The van der Waals surface area contributed by atoms with E-state index in [1.165, 1.54) is 0 Å². The number of amides is 1. The summed E-state index contributed by atoms with van der Waals surface area (Å²) in [5.74, 6) is -0.143. The number of aromatic nitrogens is 3. The third-order valence-electron chi connectivity index (χ3n) is 5.12. The van der Waals surface area contributed by atoms with Crippen molar-refractivity contribution in [3.05, 3.63) is 66.0 Å². The lowest BCUT2D eigenvalue weighted by Crippen LogP contribution is -2.36. The number of carbonyl (C=O) groups is 1. The van der Waals surface area contributed by atoms with Gasteiger partial charge in [-0.3, -0.25) is 4.79 Å². The van der Waals surface area contributed by atoms with Gasteiger partial charge in [0.1, 0.15) is 0 Å². The molecule has 1 amide bonds. The van der Waals surface area contributed by atoms with Crippen LogP contribution in [0.5, 0.6) is 0 Å². The van der Waals surface area contributed by atoms with Crippen LogP contribution in [0.3, 0.4) is 0 Å². The van der Waals surface area contributed by atoms with Crippen LogP contribution in [0.1, 0.15) is 16.1 Å². The number of ether oxygens (including phenoxy) is 1. The van der Waals surface area contributed by atoms with Crippen molar-refractivity contribution in [2.24, 2.45) is 0 Å². The fourth-order valence-electron chi connectivity index (χ4n) is 3.48. The van der Waals surface area contributed by atoms with Crippen LogP contribution in [0.15, 0.2) is 54.7 Å². The summed E-state index contributed by atoms with van der Waals surface area (Å²) in [5, 5.41) is 8.28. The fourth-order valence-corrected chi connectivity index (χ4v) is 4.53. The molecule has 0 radical (unpaired) electrons. The van der Waals surface area contributed by atoms with Gasteiger partial charge in [-0.15, -0.1) is 0 Å². The highest BCUT2D eigenvalue weighted by atomic mass is 32.1. The molecule has 8 heteroatoms. The number of fused-ring (bicyclic) bond motifs is 1. The first-order valence-electron chi connectivity index (χ1n) is 9.83. The minimum absolute atomic E-state index is 0.143. The molecule has 3 heterocycles. The minimum atomic E-state index is -0.143. The Bertz CT molecular complexity index is 1190. The van der Waals surface area contributed by atoms with Crippen LogP contribution in [-0.4, -0.2) is 47.0 Å². The van der Waals surface area contributed by atoms with Crippen molar-refractivity contribution in [2.45, 2.75) is 6.92 Å². The average Bonchev–Trinajstić information content (AvgIpc) is 3.40. The number of hydrogen-bond donors (Lipinski definition) is 1. The zero-order valence-corrected chi connectivity index (χ0v) is 17.4. The lowest BCUT2D eigenvalue weighted by atomic mass is 10.2. The summed E-state index contributed by atoms with van der Waals surface area (Å²) in [4.78, 5) is 19.7. The predicted molar refractivity (Wildman–Crippen MR) is 119 cm³/mol. The molecule has 0 saturated carbocycles. The number of benzene rings is 2. The quantitative estimate of drug-likeness (QED) is 0.544. The van der Waals surface area contributed by atoms with Gasteiger partial charge in [-0.1, -0.05) is 11.3 Å². The van der Waals surface area contributed by atoms with Gasteiger partial charge in [0.2, 0.25) is 0 Å². The van der Waals surface area contributed by atoms with Crippen LogP contribution >= 0.6 is 11.3 Å². The van der Waals surface area contributed by atoms with E-state index >= 15 is 0 Å². The Morgan fingerprint density at radius 1 is 1.10 bits per heavy atom. The molecule has 2 aromatic carbocycles. The monoisotopic (exact) mass is 419 g/mol. The molecule has 2 aromatic heterocycles. The molecule has 4 aromatic rings. The van der Waals surface area contributed by atoms with Crippen LogP contribution in [-0.2, 0) is 4.74 Å². The van der Waals surface area contributed by atoms with Crippen molar-refractivity contribution in [3.8, 4) is 5.69 Å². The smallest absolute Gasteiger partial charge is 0.255 e. The highest BCUT2D eigenvalue weighted by Crippen LogP contribution is 2.31. The highest BCUT2D eigenvalue weighted by molar-refractivity contribution is 7.22. The van der Waals surface area contributed by atoms with Gasteiger partial charge in [0.15, 0.2) is 5.13 Å². The number of hydrogen-bond acceptors (Lipinski definition) is 6. The molecule has 7 nitrogen and oxygen atoms in total. The third-order valence-corrected chi connectivity index (χ3v) is 6.20. The molecule has 5 rings (SSSR count). The summed E-state index contributed by atoms with van der Waals surface area (Å²) in [6, 6.07) is 15.2. The number of morpholine rings is 1. The van der Waals surface area contributed by atoms with Gasteiger partial charge in [0, 0.05) is 36.2 Å². The van der Waals surface area contributed by atoms with Crippen LogP contribution < -0.4 is 10.2 Å². The number of aryl methyl sites for hydroxylation is 1. The van der Waals surface area contributed by atoms with E-state index in [9.17, 15) is 4.79 Å². The largest absolute Gasteiger partial charge is 0.378 e. The van der Waals surface area contributed by atoms with Gasteiger partial charge in [0.05, 0.1) is 29.1 Å². The van der Waals surface area contributed by atoms with Crippen LogP contribution in [0.25, 0.3) is 15.9 Å². The summed E-state index contributed by atoms with van der Waals surface area (Å²) in [5.41, 5.74) is 4.27. The number of anilines is 2. The van der Waals surface area contributed by atoms with Crippen molar-refractivity contribution < 1.29 is 9.53 Å². The Kier molecular flexibility index (Phi) is 4.94. The van der Waals surface area contributed by atoms with E-state index in [4.69, 9.17) is 9.72 Å². The first kappa shape index (κ1) is 18.8. The molecule has 1 N–H and O–H groups in total. The fraction of sp³-hybridized carbons (Fsp3) is 0.227. The van der Waals surface area contributed by atoms with E-state index < -0.39 is 0 Å². The molecule has 0 bridgehead atoms. The van der Waals surface area contributed by atoms with E-state index in [-0.39, 0.29) is 5.91 Å². The maximum Gasteiger partial charge on any atom is 0.255 e. The van der Waals surface area contributed by atoms with E-state index in [1.807, 2.05) is 60.1 Å². The number of thiazole rings is 1. The molecule has 152 valence electrons. The maximum absolute atomic E-state index is 12.7. The normalized spacial score (nSPS) is 14.2. The van der Waals surface area contributed by atoms with E-state index in [2.05, 4.69) is 15.3 Å². The van der Waals surface area contributed by atoms with Gasteiger partial charge < -0.3 is 15.0 Å². The van der Waals surface area contributed by atoms with Crippen molar-refractivity contribution in [3.63, 3.8) is 0 Å². The highest BCUT2D eigenvalue weighted by Gasteiger charge is 2.16. The predicted octanol–water partition coefficient (Wildman–Crippen LogP) is 3.88. The molecular weight excluding hydrogens is 398 g/mol. The second-order valence-electron chi connectivity index (χ2n) is 7.16. The minimum Gasteiger partial charge on any atom is -0.378 e. The van der Waals surface area contributed by atoms with Gasteiger partial charge in [0.25, 0.3) is 5.91 Å². The summed E-state index contributed by atoms with van der Waals surface area (Å²) < 4.78 is 8.31. The lowest BCUT2D eigenvalue weighted by Gasteiger charge is -2.25. The van der Waals surface area contributed by atoms with Gasteiger partial charge in [-0.25, -0.2) is 9.67 Å². The molecule has 0 spiro atoms. The molecule has 0 atom stereocenters. The molecule has 1 aliphatic rings. The van der Waals surface area contributed by atoms with Gasteiger partial charge in [-0.05, 0) is 55.5 Å². The van der Waals surface area contributed by atoms with E-state index in [1.54, 1.807) is 17.5 Å². The second kappa shape index (κ2) is 7.89. The molecule has 0 aliphatic carbocycles. The second-order valence-corrected chi connectivity index (χ2v) is 8.17. The molecule has 30 heavy (non-hydrogen) atoms. The summed E-state index contributed by atoms with van der Waals surface area (Å²) in [6.45, 7) is 5.18. The Morgan fingerprint density at radius 2 is 1.90 bits per heavy atom. The molecule has 1 saturated heterocycles. The Hall–Kier alpha value is -3.23. The van der Waals surface area contributed by atoms with Gasteiger partial charge >= 0.3 is 0 Å². The molecule has 1 aliphatic heterocycles. The average molecular weight is 420 g/mol. The molecule has 0 unspecified atom stereocenters. The Labute approximate surface area is 177 Å². The van der Waals surface area contributed by atoms with E-state index in [0.29, 0.717) is 5.56 Å². The zero-order chi connectivity index (χ0) is 20.5. The number of carbonyl (C=O) groups excluding carboxylic acids is 1. The van der Waals surface area contributed by atoms with Crippen molar-refractivity contribution in [2.75, 3.05) is 36.5 Å². The first-order valence-corrected chi connectivity index (χ1v) is 10.6. The van der Waals surface area contributed by atoms with E-state index in [0.717, 1.165) is 58.7 Å². The first-order chi connectivity index (χ1) is 14.7. The standard InChI is InChI=1S/C22H21N5O2S/c1-15-8-9-23-27(15)18-5-2-16(3-6-18)21(28)24-17-4-7-19-20(14-17)30-22(25-19)26-10-12-29-13-11-26/h2-9,14H,10-13H2,1H3,(H,24,28). The van der Waals surface area contributed by atoms with Crippen LogP contribution in [0.4, 0.5) is 10.8 Å². The SMILES string of the molecule is Cc1ccnn1-c1ccc(C(=O)Nc2ccc3nc(N4CCOCC4)sc3c2)cc1. The molecule has 1 fully saturated rings. The topological polar surface area (TPSA) is 72.3 Å². The number of rotatable bonds is 4. The number of nitrogens with one attached hydrogen (secondary N) is 1.